The summed E-state index contributed by atoms with van der Waals surface area (Å²) in [5.41, 5.74) is 1.30. The number of hydrogen-bond donors (Lipinski definition) is 2. The normalized spacial score (nSPS) is 12.9. The van der Waals surface area contributed by atoms with Crippen molar-refractivity contribution in [3.63, 3.8) is 0 Å². The molecule has 0 spiro atoms. The molecule has 0 aliphatic rings. The lowest BCUT2D eigenvalue weighted by molar-refractivity contribution is -0.118. The van der Waals surface area contributed by atoms with Crippen LogP contribution in [0.15, 0.2) is 65.7 Å². The van der Waals surface area contributed by atoms with Gasteiger partial charge in [0.05, 0.1) is 22.3 Å². The molecule has 1 aromatic heterocycles. The Morgan fingerprint density at radius 3 is 2.54 bits per heavy atom. The van der Waals surface area contributed by atoms with Crippen molar-refractivity contribution < 1.29 is 13.2 Å². The van der Waals surface area contributed by atoms with Crippen molar-refractivity contribution in [2.24, 2.45) is 5.92 Å². The summed E-state index contributed by atoms with van der Waals surface area (Å²) < 4.78 is 27.8. The molecule has 2 aromatic carbocycles. The van der Waals surface area contributed by atoms with Crippen LogP contribution >= 0.6 is 11.6 Å². The van der Waals surface area contributed by atoms with Gasteiger partial charge in [0.2, 0.25) is 15.9 Å². The number of anilines is 1. The van der Waals surface area contributed by atoms with Gasteiger partial charge >= 0.3 is 0 Å². The zero-order chi connectivity index (χ0) is 20.3. The number of nitrogens with one attached hydrogen (secondary N) is 2. The van der Waals surface area contributed by atoms with E-state index in [1.165, 1.54) is 12.1 Å². The van der Waals surface area contributed by atoms with E-state index in [1.807, 2.05) is 24.3 Å². The number of halogens is 1. The Balaban J connectivity index is 1.81. The van der Waals surface area contributed by atoms with E-state index in [1.54, 1.807) is 38.2 Å². The molecule has 0 saturated carbocycles. The third kappa shape index (κ3) is 4.67. The standard InChI is InChI=1S/C20H20ClN3O3S/c1-13(2)19(24-28(26,27)17-8-5-7-15(21)11-17)20(25)23-16-10-14-6-3-4-9-18(14)22-12-16/h3-13,19,24H,1-2H3,(H,23,25). The van der Waals surface area contributed by atoms with Crippen LogP contribution in [0.1, 0.15) is 13.8 Å². The summed E-state index contributed by atoms with van der Waals surface area (Å²) in [7, 11) is -3.91. The third-order valence-corrected chi connectivity index (χ3v) is 5.87. The fourth-order valence-electron chi connectivity index (χ4n) is 2.72. The Hall–Kier alpha value is -2.48. The average molecular weight is 418 g/mol. The summed E-state index contributed by atoms with van der Waals surface area (Å²) in [5.74, 6) is -0.736. The number of hydrogen-bond acceptors (Lipinski definition) is 4. The SMILES string of the molecule is CC(C)C(NS(=O)(=O)c1cccc(Cl)c1)C(=O)Nc1cnc2ccccc2c1. The molecule has 146 valence electrons. The van der Waals surface area contributed by atoms with Gasteiger partial charge in [-0.15, -0.1) is 0 Å². The van der Waals surface area contributed by atoms with Crippen LogP contribution in [0.25, 0.3) is 10.9 Å². The maximum absolute atomic E-state index is 12.8. The summed E-state index contributed by atoms with van der Waals surface area (Å²) in [6.07, 6.45) is 1.54. The molecule has 1 atom stereocenters. The number of aromatic nitrogens is 1. The molecule has 0 aliphatic carbocycles. The third-order valence-electron chi connectivity index (χ3n) is 4.20. The van der Waals surface area contributed by atoms with Crippen LogP contribution < -0.4 is 10.0 Å². The second-order valence-corrected chi connectivity index (χ2v) is 8.86. The number of amides is 1. The first-order valence-corrected chi connectivity index (χ1v) is 10.6. The Morgan fingerprint density at radius 1 is 1.07 bits per heavy atom. The molecule has 0 radical (unpaired) electrons. The summed E-state index contributed by atoms with van der Waals surface area (Å²) in [6, 6.07) is 14.2. The largest absolute Gasteiger partial charge is 0.323 e. The summed E-state index contributed by atoms with van der Waals surface area (Å²) in [4.78, 5) is 17.1. The zero-order valence-electron chi connectivity index (χ0n) is 15.4. The van der Waals surface area contributed by atoms with Gasteiger partial charge in [-0.3, -0.25) is 9.78 Å². The molecule has 1 amide bonds. The van der Waals surface area contributed by atoms with Gasteiger partial charge in [0.25, 0.3) is 0 Å². The highest BCUT2D eigenvalue weighted by atomic mass is 35.5. The minimum atomic E-state index is -3.91. The van der Waals surface area contributed by atoms with E-state index in [9.17, 15) is 13.2 Å². The lowest BCUT2D eigenvalue weighted by Gasteiger charge is -2.21. The van der Waals surface area contributed by atoms with E-state index in [4.69, 9.17) is 11.6 Å². The Bertz CT molecular complexity index is 1120. The van der Waals surface area contributed by atoms with Crippen molar-refractivity contribution >= 4 is 44.1 Å². The molecule has 0 fully saturated rings. The number of benzene rings is 2. The maximum atomic E-state index is 12.8. The number of pyridine rings is 1. The quantitative estimate of drug-likeness (QED) is 0.638. The van der Waals surface area contributed by atoms with Crippen LogP contribution in [-0.2, 0) is 14.8 Å². The average Bonchev–Trinajstić information content (AvgIpc) is 2.66. The summed E-state index contributed by atoms with van der Waals surface area (Å²) in [5, 5.41) is 3.92. The molecule has 0 bridgehead atoms. The van der Waals surface area contributed by atoms with Crippen molar-refractivity contribution in [1.29, 1.82) is 0 Å². The molecule has 8 heteroatoms. The van der Waals surface area contributed by atoms with Crippen LogP contribution in [0.4, 0.5) is 5.69 Å². The van der Waals surface area contributed by atoms with Gasteiger partial charge in [0, 0.05) is 10.4 Å². The van der Waals surface area contributed by atoms with Crippen LogP contribution in [0, 0.1) is 5.92 Å². The highest BCUT2D eigenvalue weighted by Gasteiger charge is 2.28. The van der Waals surface area contributed by atoms with Gasteiger partial charge in [0.1, 0.15) is 6.04 Å². The molecule has 3 rings (SSSR count). The van der Waals surface area contributed by atoms with E-state index < -0.39 is 22.0 Å². The second-order valence-electron chi connectivity index (χ2n) is 6.71. The maximum Gasteiger partial charge on any atom is 0.242 e. The van der Waals surface area contributed by atoms with Crippen LogP contribution in [0.5, 0.6) is 0 Å². The molecular weight excluding hydrogens is 398 g/mol. The fraction of sp³-hybridized carbons (Fsp3) is 0.200. The van der Waals surface area contributed by atoms with Crippen molar-refractivity contribution in [3.05, 3.63) is 65.8 Å². The monoisotopic (exact) mass is 417 g/mol. The lowest BCUT2D eigenvalue weighted by atomic mass is 10.0. The number of rotatable bonds is 6. The smallest absolute Gasteiger partial charge is 0.242 e. The first-order chi connectivity index (χ1) is 13.3. The highest BCUT2D eigenvalue weighted by Crippen LogP contribution is 2.19. The number of fused-ring (bicyclic) bond motifs is 1. The van der Waals surface area contributed by atoms with Gasteiger partial charge in [-0.2, -0.15) is 4.72 Å². The molecular formula is C20H20ClN3O3S. The minimum Gasteiger partial charge on any atom is -0.323 e. The van der Waals surface area contributed by atoms with Crippen LogP contribution in [-0.4, -0.2) is 25.4 Å². The van der Waals surface area contributed by atoms with Crippen molar-refractivity contribution in [2.45, 2.75) is 24.8 Å². The minimum absolute atomic E-state index is 0.00539. The number of para-hydroxylation sites is 1. The summed E-state index contributed by atoms with van der Waals surface area (Å²) in [6.45, 7) is 3.53. The Kier molecular flexibility index (Phi) is 5.98. The first-order valence-electron chi connectivity index (χ1n) is 8.70. The summed E-state index contributed by atoms with van der Waals surface area (Å²) >= 11 is 5.89. The molecule has 3 aromatic rings. The predicted molar refractivity (Wildman–Crippen MR) is 111 cm³/mol. The molecule has 6 nitrogen and oxygen atoms in total. The lowest BCUT2D eigenvalue weighted by Crippen LogP contribution is -2.47. The fourth-order valence-corrected chi connectivity index (χ4v) is 4.37. The Morgan fingerprint density at radius 2 is 1.82 bits per heavy atom. The molecule has 28 heavy (non-hydrogen) atoms. The zero-order valence-corrected chi connectivity index (χ0v) is 17.0. The highest BCUT2D eigenvalue weighted by molar-refractivity contribution is 7.89. The predicted octanol–water partition coefficient (Wildman–Crippen LogP) is 3.83. The van der Waals surface area contributed by atoms with Crippen molar-refractivity contribution in [2.75, 3.05) is 5.32 Å². The molecule has 1 unspecified atom stereocenters. The van der Waals surface area contributed by atoms with E-state index in [0.29, 0.717) is 10.7 Å². The molecule has 0 aliphatic heterocycles. The molecule has 0 saturated heterocycles. The van der Waals surface area contributed by atoms with Gasteiger partial charge in [-0.25, -0.2) is 8.42 Å². The second kappa shape index (κ2) is 8.26. The van der Waals surface area contributed by atoms with E-state index in [2.05, 4.69) is 15.0 Å². The number of nitrogens with zero attached hydrogens (tertiary/aromatic N) is 1. The molecule has 1 heterocycles. The van der Waals surface area contributed by atoms with Gasteiger partial charge in [-0.1, -0.05) is 49.7 Å². The van der Waals surface area contributed by atoms with E-state index >= 15 is 0 Å². The molecule has 2 N–H and O–H groups in total. The topological polar surface area (TPSA) is 88.2 Å². The number of carbonyl (C=O) groups is 1. The van der Waals surface area contributed by atoms with Gasteiger partial charge in [0.15, 0.2) is 0 Å². The number of carbonyl (C=O) groups excluding carboxylic acids is 1. The first kappa shape index (κ1) is 20.3. The van der Waals surface area contributed by atoms with Gasteiger partial charge < -0.3 is 5.32 Å². The van der Waals surface area contributed by atoms with Crippen LogP contribution in [0.3, 0.4) is 0 Å². The van der Waals surface area contributed by atoms with E-state index in [0.717, 1.165) is 10.9 Å². The van der Waals surface area contributed by atoms with Crippen LogP contribution in [0.2, 0.25) is 5.02 Å². The van der Waals surface area contributed by atoms with Gasteiger partial charge in [-0.05, 0) is 36.2 Å². The van der Waals surface area contributed by atoms with E-state index in [-0.39, 0.29) is 10.8 Å². The van der Waals surface area contributed by atoms with Crippen molar-refractivity contribution in [1.82, 2.24) is 9.71 Å². The Labute approximate surface area is 169 Å². The number of sulfonamides is 1. The van der Waals surface area contributed by atoms with Crippen molar-refractivity contribution in [3.8, 4) is 0 Å².